The largest absolute Gasteiger partial charge is 0.335 e. The quantitative estimate of drug-likeness (QED) is 0.829. The highest BCUT2D eigenvalue weighted by molar-refractivity contribution is 5.99. The van der Waals surface area contributed by atoms with E-state index >= 15 is 0 Å². The van der Waals surface area contributed by atoms with E-state index < -0.39 is 0 Å². The maximum Gasteiger partial charge on any atom is 0.168 e. The van der Waals surface area contributed by atoms with E-state index in [9.17, 15) is 4.79 Å². The molecule has 0 unspecified atom stereocenters. The van der Waals surface area contributed by atoms with Crippen LogP contribution in [0, 0.1) is 0 Å². The number of hydrogen-bond acceptors (Lipinski definition) is 1. The fraction of sp³-hybridized carbons (Fsp3) is 0.353. The Kier molecular flexibility index (Phi) is 3.60. The molecule has 3 rings (SSSR count). The summed E-state index contributed by atoms with van der Waals surface area (Å²) in [4.78, 5) is 13.8. The molecule has 0 amide bonds. The molecule has 19 heavy (non-hydrogen) atoms. The Balaban J connectivity index is 1.70. The van der Waals surface area contributed by atoms with Gasteiger partial charge in [0.05, 0.1) is 26.1 Å². The van der Waals surface area contributed by atoms with Crippen LogP contribution in [-0.4, -0.2) is 25.4 Å². The zero-order chi connectivity index (χ0) is 13.1. The number of nitrogens with one attached hydrogen (secondary N) is 1. The molecule has 1 saturated heterocycles. The van der Waals surface area contributed by atoms with Crippen molar-refractivity contribution < 1.29 is 9.69 Å². The molecular formula is C17H20NO+. The van der Waals surface area contributed by atoms with Crippen molar-refractivity contribution in [1.29, 1.82) is 0 Å². The number of benzene rings is 2. The van der Waals surface area contributed by atoms with Crippen LogP contribution >= 0.6 is 0 Å². The Hall–Kier alpha value is -1.67. The molecule has 0 atom stereocenters. The lowest BCUT2D eigenvalue weighted by molar-refractivity contribution is -0.886. The molecule has 0 radical (unpaired) electrons. The van der Waals surface area contributed by atoms with Gasteiger partial charge < -0.3 is 4.90 Å². The second-order valence-electron chi connectivity index (χ2n) is 5.44. The van der Waals surface area contributed by atoms with E-state index in [0.717, 1.165) is 17.5 Å². The molecule has 2 aromatic rings. The molecule has 1 N–H and O–H groups in total. The monoisotopic (exact) mass is 254 g/mol. The van der Waals surface area contributed by atoms with Crippen LogP contribution in [0.15, 0.2) is 42.5 Å². The van der Waals surface area contributed by atoms with Gasteiger partial charge in [0.2, 0.25) is 0 Å². The van der Waals surface area contributed by atoms with Crippen LogP contribution in [0.5, 0.6) is 0 Å². The molecule has 2 aromatic carbocycles. The lowest BCUT2D eigenvalue weighted by Gasteiger charge is -2.11. The number of ketones is 1. The number of hydrogen-bond donors (Lipinski definition) is 1. The molecule has 2 nitrogen and oxygen atoms in total. The number of Topliss-reactive ketones (excluding diaryl/α,β-unsaturated/α-hetero) is 1. The molecular weight excluding hydrogens is 234 g/mol. The Bertz CT molecular complexity index is 585. The Morgan fingerprint density at radius 1 is 1.00 bits per heavy atom. The van der Waals surface area contributed by atoms with Crippen molar-refractivity contribution in [3.8, 4) is 0 Å². The van der Waals surface area contributed by atoms with Crippen LogP contribution in [0.2, 0.25) is 0 Å². The predicted octanol–water partition coefficient (Wildman–Crippen LogP) is 2.09. The van der Waals surface area contributed by atoms with Gasteiger partial charge in [-0.15, -0.1) is 0 Å². The van der Waals surface area contributed by atoms with Gasteiger partial charge in [0.15, 0.2) is 5.78 Å². The first-order valence-corrected chi connectivity index (χ1v) is 7.18. The van der Waals surface area contributed by atoms with E-state index in [4.69, 9.17) is 0 Å². The van der Waals surface area contributed by atoms with Crippen LogP contribution in [-0.2, 0) is 0 Å². The average Bonchev–Trinajstić information content (AvgIpc) is 2.97. The maximum atomic E-state index is 12.2. The SMILES string of the molecule is O=C(CC[NH+]1CCCC1)c1ccc2ccccc2c1. The van der Waals surface area contributed by atoms with Crippen molar-refractivity contribution in [3.63, 3.8) is 0 Å². The summed E-state index contributed by atoms with van der Waals surface area (Å²) in [5, 5.41) is 2.35. The van der Waals surface area contributed by atoms with Crippen molar-refractivity contribution in [2.45, 2.75) is 19.3 Å². The summed E-state index contributed by atoms with van der Waals surface area (Å²) in [5.41, 5.74) is 0.859. The molecule has 0 saturated carbocycles. The zero-order valence-electron chi connectivity index (χ0n) is 11.2. The van der Waals surface area contributed by atoms with Crippen molar-refractivity contribution >= 4 is 16.6 Å². The topological polar surface area (TPSA) is 21.5 Å². The van der Waals surface area contributed by atoms with Crippen LogP contribution in [0.4, 0.5) is 0 Å². The number of carbonyl (C=O) groups is 1. The second-order valence-corrected chi connectivity index (χ2v) is 5.44. The number of fused-ring (bicyclic) bond motifs is 1. The van der Waals surface area contributed by atoms with Crippen molar-refractivity contribution in [1.82, 2.24) is 0 Å². The number of carbonyl (C=O) groups excluding carboxylic acids is 1. The summed E-state index contributed by atoms with van der Waals surface area (Å²) in [7, 11) is 0. The third-order valence-electron chi connectivity index (χ3n) is 4.09. The molecule has 2 heteroatoms. The molecule has 0 aliphatic carbocycles. The summed E-state index contributed by atoms with van der Waals surface area (Å²) >= 11 is 0. The molecule has 1 aliphatic heterocycles. The number of rotatable bonds is 4. The highest BCUT2D eigenvalue weighted by Gasteiger charge is 2.17. The van der Waals surface area contributed by atoms with E-state index in [1.54, 1.807) is 4.90 Å². The highest BCUT2D eigenvalue weighted by atomic mass is 16.1. The van der Waals surface area contributed by atoms with Gasteiger partial charge in [-0.25, -0.2) is 0 Å². The van der Waals surface area contributed by atoms with Crippen molar-refractivity contribution in [3.05, 3.63) is 48.0 Å². The Morgan fingerprint density at radius 2 is 1.74 bits per heavy atom. The summed E-state index contributed by atoms with van der Waals surface area (Å²) in [5.74, 6) is 0.283. The van der Waals surface area contributed by atoms with Crippen molar-refractivity contribution in [2.24, 2.45) is 0 Å². The van der Waals surface area contributed by atoms with E-state index in [1.807, 2.05) is 30.3 Å². The van der Waals surface area contributed by atoms with Crippen molar-refractivity contribution in [2.75, 3.05) is 19.6 Å². The average molecular weight is 254 g/mol. The fourth-order valence-corrected chi connectivity index (χ4v) is 2.92. The van der Waals surface area contributed by atoms with Gasteiger partial charge in [-0.05, 0) is 16.8 Å². The first-order chi connectivity index (χ1) is 9.33. The molecule has 0 aromatic heterocycles. The first-order valence-electron chi connectivity index (χ1n) is 7.18. The van der Waals surface area contributed by atoms with E-state index in [1.165, 1.54) is 31.3 Å². The third kappa shape index (κ3) is 2.85. The molecule has 0 bridgehead atoms. The summed E-state index contributed by atoms with van der Waals surface area (Å²) in [6.45, 7) is 3.47. The fourth-order valence-electron chi connectivity index (χ4n) is 2.92. The van der Waals surface area contributed by atoms with Crippen LogP contribution in [0.25, 0.3) is 10.8 Å². The lowest BCUT2D eigenvalue weighted by atomic mass is 10.0. The summed E-state index contributed by atoms with van der Waals surface area (Å²) in [6.07, 6.45) is 3.31. The van der Waals surface area contributed by atoms with E-state index in [-0.39, 0.29) is 5.78 Å². The van der Waals surface area contributed by atoms with E-state index in [2.05, 4.69) is 12.1 Å². The smallest absolute Gasteiger partial charge is 0.168 e. The summed E-state index contributed by atoms with van der Waals surface area (Å²) < 4.78 is 0. The van der Waals surface area contributed by atoms with Gasteiger partial charge in [-0.1, -0.05) is 36.4 Å². The molecule has 98 valence electrons. The molecule has 1 aliphatic rings. The number of quaternary nitrogens is 1. The minimum atomic E-state index is 0.283. The minimum absolute atomic E-state index is 0.283. The molecule has 1 fully saturated rings. The number of likely N-dealkylation sites (tertiary alicyclic amines) is 1. The first kappa shape index (κ1) is 12.4. The Labute approximate surface area is 114 Å². The summed E-state index contributed by atoms with van der Waals surface area (Å²) in [6, 6.07) is 14.2. The molecule has 1 heterocycles. The standard InChI is InChI=1S/C17H19NO/c19-17(9-12-18-10-3-4-11-18)16-8-7-14-5-1-2-6-15(14)13-16/h1-2,5-8,13H,3-4,9-12H2/p+1. The molecule has 0 spiro atoms. The highest BCUT2D eigenvalue weighted by Crippen LogP contribution is 2.16. The maximum absolute atomic E-state index is 12.2. The van der Waals surface area contributed by atoms with Gasteiger partial charge in [0, 0.05) is 18.4 Å². The lowest BCUT2D eigenvalue weighted by Crippen LogP contribution is -3.10. The van der Waals surface area contributed by atoms with Gasteiger partial charge >= 0.3 is 0 Å². The van der Waals surface area contributed by atoms with E-state index in [0.29, 0.717) is 6.42 Å². The van der Waals surface area contributed by atoms with Gasteiger partial charge in [-0.3, -0.25) is 4.79 Å². The van der Waals surface area contributed by atoms with Crippen LogP contribution in [0.1, 0.15) is 29.6 Å². The van der Waals surface area contributed by atoms with Crippen LogP contribution < -0.4 is 4.90 Å². The van der Waals surface area contributed by atoms with Gasteiger partial charge in [-0.2, -0.15) is 0 Å². The van der Waals surface area contributed by atoms with Gasteiger partial charge in [0.25, 0.3) is 0 Å². The van der Waals surface area contributed by atoms with Gasteiger partial charge in [0.1, 0.15) is 0 Å². The minimum Gasteiger partial charge on any atom is -0.335 e. The van der Waals surface area contributed by atoms with Crippen LogP contribution in [0.3, 0.4) is 0 Å². The normalized spacial score (nSPS) is 16.0. The predicted molar refractivity (Wildman–Crippen MR) is 77.7 cm³/mol. The second kappa shape index (κ2) is 5.54. The zero-order valence-corrected chi connectivity index (χ0v) is 11.2. The Morgan fingerprint density at radius 3 is 2.53 bits per heavy atom. The third-order valence-corrected chi connectivity index (χ3v) is 4.09.